The van der Waals surface area contributed by atoms with Crippen LogP contribution in [0.4, 0.5) is 0 Å². The van der Waals surface area contributed by atoms with Gasteiger partial charge in [-0.3, -0.25) is 0 Å². The lowest BCUT2D eigenvalue weighted by molar-refractivity contribution is 1.18. The molecule has 5 heteroatoms. The zero-order valence-corrected chi connectivity index (χ0v) is 26.7. The minimum Gasteiger partial charge on any atom is -0.309 e. The van der Waals surface area contributed by atoms with Crippen molar-refractivity contribution in [1.82, 2.24) is 9.13 Å². The molecule has 9 rings (SSSR count). The van der Waals surface area contributed by atoms with Gasteiger partial charge in [-0.1, -0.05) is 78.9 Å². The Balaban J connectivity index is 1.32. The average Bonchev–Trinajstić information content (AvgIpc) is 3.70. The second-order valence-electron chi connectivity index (χ2n) is 12.3. The van der Waals surface area contributed by atoms with Crippen molar-refractivity contribution >= 4 is 43.6 Å². The van der Waals surface area contributed by atoms with Gasteiger partial charge < -0.3 is 9.13 Å². The third-order valence-electron chi connectivity index (χ3n) is 9.58. The number of rotatable bonds is 4. The van der Waals surface area contributed by atoms with Crippen molar-refractivity contribution in [3.05, 3.63) is 168 Å². The van der Waals surface area contributed by atoms with E-state index in [1.54, 1.807) is 0 Å². The fourth-order valence-corrected chi connectivity index (χ4v) is 7.45. The number of nitrogens with zero attached hydrogens (tertiary/aromatic N) is 5. The molecule has 2 heterocycles. The Morgan fingerprint density at radius 3 is 1.58 bits per heavy atom. The Morgan fingerprint density at radius 2 is 0.900 bits per heavy atom. The molecule has 0 saturated heterocycles. The zero-order chi connectivity index (χ0) is 33.8. The maximum absolute atomic E-state index is 10.3. The number of aromatic nitrogens is 2. The van der Waals surface area contributed by atoms with E-state index in [4.69, 9.17) is 0 Å². The van der Waals surface area contributed by atoms with Crippen LogP contribution >= 0.6 is 0 Å². The molecule has 0 aliphatic carbocycles. The molecule has 7 aromatic carbocycles. The highest BCUT2D eigenvalue weighted by Crippen LogP contribution is 2.41. The summed E-state index contributed by atoms with van der Waals surface area (Å²) in [4.78, 5) is 0. The molecule has 0 amide bonds. The van der Waals surface area contributed by atoms with Crippen molar-refractivity contribution in [1.29, 1.82) is 15.8 Å². The summed E-state index contributed by atoms with van der Waals surface area (Å²) in [7, 11) is 0. The summed E-state index contributed by atoms with van der Waals surface area (Å²) in [5, 5.41) is 34.4. The standard InChI is InChI=1S/C45H25N5/c46-26-29-17-19-34(35-9-1-6-14-42(35)50-43-15-7-2-10-36(43)37-11-3-8-16-44(37)50)39(23-29)32-21-31(28-48)22-33(25-32)49-41-13-5-4-12-38(41)40-24-30(27-47)18-20-45(40)49/h1-25H. The van der Waals surface area contributed by atoms with Crippen molar-refractivity contribution in [2.24, 2.45) is 0 Å². The fourth-order valence-electron chi connectivity index (χ4n) is 7.45. The van der Waals surface area contributed by atoms with E-state index in [9.17, 15) is 15.8 Å². The molecule has 0 atom stereocenters. The van der Waals surface area contributed by atoms with Gasteiger partial charge in [0.2, 0.25) is 0 Å². The minimum absolute atomic E-state index is 0.501. The van der Waals surface area contributed by atoms with Gasteiger partial charge in [-0.05, 0) is 89.5 Å². The maximum atomic E-state index is 10.3. The van der Waals surface area contributed by atoms with Gasteiger partial charge in [0, 0.05) is 32.8 Å². The predicted octanol–water partition coefficient (Wildman–Crippen LogP) is 10.8. The Labute approximate surface area is 287 Å². The first kappa shape index (κ1) is 28.8. The lowest BCUT2D eigenvalue weighted by Crippen LogP contribution is -1.99. The third-order valence-corrected chi connectivity index (χ3v) is 9.58. The van der Waals surface area contributed by atoms with Gasteiger partial charge >= 0.3 is 0 Å². The summed E-state index contributed by atoms with van der Waals surface area (Å²) < 4.78 is 4.46. The number of nitriles is 3. The zero-order valence-electron chi connectivity index (χ0n) is 26.7. The first-order valence-electron chi connectivity index (χ1n) is 16.3. The van der Waals surface area contributed by atoms with Crippen LogP contribution in [0.2, 0.25) is 0 Å². The topological polar surface area (TPSA) is 81.2 Å². The maximum Gasteiger partial charge on any atom is 0.0992 e. The normalized spacial score (nSPS) is 11.1. The van der Waals surface area contributed by atoms with Crippen LogP contribution in [0.3, 0.4) is 0 Å². The second-order valence-corrected chi connectivity index (χ2v) is 12.3. The van der Waals surface area contributed by atoms with Crippen molar-refractivity contribution in [3.63, 3.8) is 0 Å². The highest BCUT2D eigenvalue weighted by Gasteiger charge is 2.20. The molecule has 2 aromatic heterocycles. The van der Waals surface area contributed by atoms with E-state index in [0.29, 0.717) is 16.7 Å². The number of hydrogen-bond acceptors (Lipinski definition) is 3. The lowest BCUT2D eigenvalue weighted by Gasteiger charge is -2.18. The van der Waals surface area contributed by atoms with Gasteiger partial charge in [-0.2, -0.15) is 15.8 Å². The van der Waals surface area contributed by atoms with Crippen LogP contribution in [0.15, 0.2) is 152 Å². The average molecular weight is 636 g/mol. The lowest BCUT2D eigenvalue weighted by atomic mass is 9.91. The molecular formula is C45H25N5. The predicted molar refractivity (Wildman–Crippen MR) is 200 cm³/mol. The van der Waals surface area contributed by atoms with Crippen molar-refractivity contribution in [2.75, 3.05) is 0 Å². The summed E-state index contributed by atoms with van der Waals surface area (Å²) in [6, 6.07) is 57.8. The van der Waals surface area contributed by atoms with Crippen LogP contribution in [0, 0.1) is 34.0 Å². The molecule has 0 radical (unpaired) electrons. The molecule has 0 spiro atoms. The van der Waals surface area contributed by atoms with E-state index in [2.05, 4.69) is 112 Å². The SMILES string of the molecule is N#Cc1cc(-c2cc(C#N)ccc2-c2ccccc2-n2c3ccccc3c3ccccc32)cc(-n2c3ccccc3c3cc(C#N)ccc32)c1. The highest BCUT2D eigenvalue weighted by molar-refractivity contribution is 6.11. The molecular weight excluding hydrogens is 611 g/mol. The number of benzene rings is 7. The molecule has 0 saturated carbocycles. The first-order valence-corrected chi connectivity index (χ1v) is 16.3. The van der Waals surface area contributed by atoms with Crippen LogP contribution in [0.25, 0.3) is 77.2 Å². The van der Waals surface area contributed by atoms with E-state index in [-0.39, 0.29) is 0 Å². The largest absolute Gasteiger partial charge is 0.309 e. The number of fused-ring (bicyclic) bond motifs is 6. The summed E-state index contributed by atoms with van der Waals surface area (Å²) in [5.41, 5.74) is 11.2. The van der Waals surface area contributed by atoms with E-state index >= 15 is 0 Å². The van der Waals surface area contributed by atoms with Gasteiger partial charge in [0.15, 0.2) is 0 Å². The van der Waals surface area contributed by atoms with Crippen molar-refractivity contribution in [3.8, 4) is 51.8 Å². The second kappa shape index (κ2) is 11.4. The summed E-state index contributed by atoms with van der Waals surface area (Å²) in [5.74, 6) is 0. The quantitative estimate of drug-likeness (QED) is 0.193. The van der Waals surface area contributed by atoms with E-state index in [1.165, 1.54) is 10.8 Å². The summed E-state index contributed by atoms with van der Waals surface area (Å²) >= 11 is 0. The van der Waals surface area contributed by atoms with Crippen LogP contribution in [-0.4, -0.2) is 9.13 Å². The van der Waals surface area contributed by atoms with E-state index < -0.39 is 0 Å². The summed E-state index contributed by atoms with van der Waals surface area (Å²) in [6.45, 7) is 0. The molecule has 5 nitrogen and oxygen atoms in total. The smallest absolute Gasteiger partial charge is 0.0992 e. The summed E-state index contributed by atoms with van der Waals surface area (Å²) in [6.07, 6.45) is 0. The highest BCUT2D eigenvalue weighted by atomic mass is 15.0. The third kappa shape index (κ3) is 4.38. The molecule has 50 heavy (non-hydrogen) atoms. The van der Waals surface area contributed by atoms with Crippen molar-refractivity contribution in [2.45, 2.75) is 0 Å². The molecule has 0 N–H and O–H groups in total. The van der Waals surface area contributed by atoms with Gasteiger partial charge in [0.25, 0.3) is 0 Å². The fraction of sp³-hybridized carbons (Fsp3) is 0. The molecule has 0 bridgehead atoms. The minimum atomic E-state index is 0.501. The Hall–Kier alpha value is -7.39. The van der Waals surface area contributed by atoms with Crippen LogP contribution < -0.4 is 0 Å². The van der Waals surface area contributed by atoms with Gasteiger partial charge in [0.05, 0.1) is 62.7 Å². The molecule has 0 aliphatic rings. The molecule has 0 aliphatic heterocycles. The van der Waals surface area contributed by atoms with E-state index in [0.717, 1.165) is 66.5 Å². The first-order chi connectivity index (χ1) is 24.7. The monoisotopic (exact) mass is 635 g/mol. The van der Waals surface area contributed by atoms with Gasteiger partial charge in [0.1, 0.15) is 0 Å². The molecule has 230 valence electrons. The van der Waals surface area contributed by atoms with Crippen LogP contribution in [-0.2, 0) is 0 Å². The van der Waals surface area contributed by atoms with Crippen LogP contribution in [0.5, 0.6) is 0 Å². The van der Waals surface area contributed by atoms with Gasteiger partial charge in [-0.25, -0.2) is 0 Å². The van der Waals surface area contributed by atoms with Crippen molar-refractivity contribution < 1.29 is 0 Å². The Bertz CT molecular complexity index is 2920. The number of hydrogen-bond donors (Lipinski definition) is 0. The van der Waals surface area contributed by atoms with Gasteiger partial charge in [-0.15, -0.1) is 0 Å². The van der Waals surface area contributed by atoms with E-state index in [1.807, 2.05) is 66.7 Å². The molecule has 9 aromatic rings. The van der Waals surface area contributed by atoms with Crippen LogP contribution in [0.1, 0.15) is 16.7 Å². The number of para-hydroxylation sites is 4. The molecule has 0 unspecified atom stereocenters. The molecule has 0 fully saturated rings. The Morgan fingerprint density at radius 1 is 0.360 bits per heavy atom. The Kier molecular flexibility index (Phi) is 6.56.